The summed E-state index contributed by atoms with van der Waals surface area (Å²) in [6, 6.07) is 10.5. The SMILES string of the molecule is Nc1ccccc1C(=O)Nc1cc(Cl)ccc1F. The number of anilines is 2. The Labute approximate surface area is 108 Å². The van der Waals surface area contributed by atoms with Crippen LogP contribution in [0.15, 0.2) is 42.5 Å². The summed E-state index contributed by atoms with van der Waals surface area (Å²) in [6.07, 6.45) is 0. The molecule has 0 aliphatic carbocycles. The monoisotopic (exact) mass is 264 g/mol. The van der Waals surface area contributed by atoms with Crippen LogP contribution in [0.2, 0.25) is 5.02 Å². The minimum Gasteiger partial charge on any atom is -0.398 e. The summed E-state index contributed by atoms with van der Waals surface area (Å²) in [5, 5.41) is 2.77. The summed E-state index contributed by atoms with van der Waals surface area (Å²) in [5.74, 6) is -1.03. The number of hydrogen-bond acceptors (Lipinski definition) is 2. The van der Waals surface area contributed by atoms with Crippen LogP contribution in [-0.2, 0) is 0 Å². The van der Waals surface area contributed by atoms with Gasteiger partial charge in [-0.15, -0.1) is 0 Å². The van der Waals surface area contributed by atoms with Crippen molar-refractivity contribution in [2.45, 2.75) is 0 Å². The number of benzene rings is 2. The van der Waals surface area contributed by atoms with Crippen LogP contribution in [-0.4, -0.2) is 5.91 Å². The van der Waals surface area contributed by atoms with Crippen LogP contribution < -0.4 is 11.1 Å². The van der Waals surface area contributed by atoms with E-state index < -0.39 is 11.7 Å². The highest BCUT2D eigenvalue weighted by Crippen LogP contribution is 2.21. The van der Waals surface area contributed by atoms with Crippen molar-refractivity contribution in [2.24, 2.45) is 0 Å². The van der Waals surface area contributed by atoms with Gasteiger partial charge in [0.05, 0.1) is 11.3 Å². The Morgan fingerprint density at radius 3 is 2.67 bits per heavy atom. The molecule has 0 bridgehead atoms. The molecular formula is C13H10ClFN2O. The second-order valence-corrected chi connectivity index (χ2v) is 4.10. The average Bonchev–Trinajstić information content (AvgIpc) is 2.34. The molecule has 2 aromatic carbocycles. The first-order valence-corrected chi connectivity index (χ1v) is 5.56. The van der Waals surface area contributed by atoms with Gasteiger partial charge in [-0.05, 0) is 30.3 Å². The molecule has 5 heteroatoms. The number of halogens is 2. The van der Waals surface area contributed by atoms with Crippen molar-refractivity contribution >= 4 is 28.9 Å². The molecule has 0 atom stereocenters. The first-order chi connectivity index (χ1) is 8.58. The Hall–Kier alpha value is -2.07. The number of hydrogen-bond donors (Lipinski definition) is 2. The Balaban J connectivity index is 2.27. The van der Waals surface area contributed by atoms with Crippen molar-refractivity contribution in [3.63, 3.8) is 0 Å². The molecule has 0 unspecified atom stereocenters. The van der Waals surface area contributed by atoms with Crippen molar-refractivity contribution in [1.29, 1.82) is 0 Å². The second kappa shape index (κ2) is 5.06. The second-order valence-electron chi connectivity index (χ2n) is 3.67. The average molecular weight is 265 g/mol. The lowest BCUT2D eigenvalue weighted by Gasteiger charge is -2.08. The molecule has 3 nitrogen and oxygen atoms in total. The van der Waals surface area contributed by atoms with E-state index >= 15 is 0 Å². The van der Waals surface area contributed by atoms with Crippen molar-refractivity contribution in [3.8, 4) is 0 Å². The zero-order valence-electron chi connectivity index (χ0n) is 9.28. The van der Waals surface area contributed by atoms with E-state index in [0.29, 0.717) is 10.7 Å². The summed E-state index contributed by atoms with van der Waals surface area (Å²) in [6.45, 7) is 0. The maximum atomic E-state index is 13.4. The van der Waals surface area contributed by atoms with E-state index in [2.05, 4.69) is 5.32 Å². The number of carbonyl (C=O) groups is 1. The smallest absolute Gasteiger partial charge is 0.257 e. The quantitative estimate of drug-likeness (QED) is 0.818. The maximum absolute atomic E-state index is 13.4. The molecule has 92 valence electrons. The number of nitrogens with one attached hydrogen (secondary N) is 1. The van der Waals surface area contributed by atoms with Crippen LogP contribution in [0.3, 0.4) is 0 Å². The van der Waals surface area contributed by atoms with Gasteiger partial charge >= 0.3 is 0 Å². The van der Waals surface area contributed by atoms with Crippen LogP contribution in [0.25, 0.3) is 0 Å². The molecule has 2 rings (SSSR count). The van der Waals surface area contributed by atoms with Gasteiger partial charge in [-0.1, -0.05) is 23.7 Å². The maximum Gasteiger partial charge on any atom is 0.257 e. The Kier molecular flexibility index (Phi) is 3.48. The third-order valence-electron chi connectivity index (χ3n) is 2.38. The lowest BCUT2D eigenvalue weighted by Crippen LogP contribution is -2.14. The van der Waals surface area contributed by atoms with Crippen LogP contribution in [0.1, 0.15) is 10.4 Å². The highest BCUT2D eigenvalue weighted by Gasteiger charge is 2.11. The minimum atomic E-state index is -0.553. The number of nitrogens with two attached hydrogens (primary N) is 1. The highest BCUT2D eigenvalue weighted by atomic mass is 35.5. The Bertz CT molecular complexity index is 601. The first-order valence-electron chi connectivity index (χ1n) is 5.19. The molecule has 0 aliphatic heterocycles. The number of nitrogen functional groups attached to an aromatic ring is 1. The summed E-state index contributed by atoms with van der Waals surface area (Å²) >= 11 is 5.73. The largest absolute Gasteiger partial charge is 0.398 e. The third kappa shape index (κ3) is 2.60. The van der Waals surface area contributed by atoms with E-state index in [4.69, 9.17) is 17.3 Å². The van der Waals surface area contributed by atoms with E-state index in [1.807, 2.05) is 0 Å². The van der Waals surface area contributed by atoms with E-state index in [0.717, 1.165) is 0 Å². The van der Waals surface area contributed by atoms with Crippen LogP contribution in [0.5, 0.6) is 0 Å². The van der Waals surface area contributed by atoms with Gasteiger partial charge in [-0.3, -0.25) is 4.79 Å². The molecule has 0 aliphatic rings. The molecule has 0 aromatic heterocycles. The van der Waals surface area contributed by atoms with Gasteiger partial charge in [0.1, 0.15) is 5.82 Å². The molecule has 3 N–H and O–H groups in total. The van der Waals surface area contributed by atoms with E-state index in [9.17, 15) is 9.18 Å². The summed E-state index contributed by atoms with van der Waals surface area (Å²) in [4.78, 5) is 11.9. The van der Waals surface area contributed by atoms with Crippen LogP contribution >= 0.6 is 11.6 Å². The van der Waals surface area contributed by atoms with Crippen LogP contribution in [0, 0.1) is 5.82 Å². The van der Waals surface area contributed by atoms with Crippen LogP contribution in [0.4, 0.5) is 15.8 Å². The molecule has 0 radical (unpaired) electrons. The van der Waals surface area contributed by atoms with Gasteiger partial charge in [-0.25, -0.2) is 4.39 Å². The number of rotatable bonds is 2. The number of para-hydroxylation sites is 1. The Morgan fingerprint density at radius 2 is 1.94 bits per heavy atom. The summed E-state index contributed by atoms with van der Waals surface area (Å²) in [5.41, 5.74) is 6.31. The molecular weight excluding hydrogens is 255 g/mol. The predicted molar refractivity (Wildman–Crippen MR) is 70.2 cm³/mol. The zero-order chi connectivity index (χ0) is 13.1. The zero-order valence-corrected chi connectivity index (χ0v) is 10.0. The summed E-state index contributed by atoms with van der Waals surface area (Å²) in [7, 11) is 0. The normalized spacial score (nSPS) is 10.1. The number of carbonyl (C=O) groups excluding carboxylic acids is 1. The molecule has 2 aromatic rings. The van der Waals surface area contributed by atoms with Crippen molar-refractivity contribution in [2.75, 3.05) is 11.1 Å². The van der Waals surface area contributed by atoms with Gasteiger partial charge < -0.3 is 11.1 Å². The highest BCUT2D eigenvalue weighted by molar-refractivity contribution is 6.31. The van der Waals surface area contributed by atoms with Gasteiger partial charge in [-0.2, -0.15) is 0 Å². The molecule has 0 saturated carbocycles. The predicted octanol–water partition coefficient (Wildman–Crippen LogP) is 3.31. The molecule has 0 spiro atoms. The van der Waals surface area contributed by atoms with E-state index in [1.54, 1.807) is 24.3 Å². The fourth-order valence-electron chi connectivity index (χ4n) is 1.49. The third-order valence-corrected chi connectivity index (χ3v) is 2.62. The fraction of sp³-hybridized carbons (Fsp3) is 0. The van der Waals surface area contributed by atoms with Gasteiger partial charge in [0, 0.05) is 10.7 Å². The van der Waals surface area contributed by atoms with E-state index in [-0.39, 0.29) is 11.3 Å². The Morgan fingerprint density at radius 1 is 1.22 bits per heavy atom. The van der Waals surface area contributed by atoms with Crippen molar-refractivity contribution < 1.29 is 9.18 Å². The standard InChI is InChI=1S/C13H10ClFN2O/c14-8-5-6-10(15)12(7-8)17-13(18)9-3-1-2-4-11(9)16/h1-7H,16H2,(H,17,18). The topological polar surface area (TPSA) is 55.1 Å². The lowest BCUT2D eigenvalue weighted by molar-refractivity contribution is 0.102. The molecule has 0 fully saturated rings. The lowest BCUT2D eigenvalue weighted by atomic mass is 10.1. The van der Waals surface area contributed by atoms with E-state index in [1.165, 1.54) is 18.2 Å². The molecule has 18 heavy (non-hydrogen) atoms. The minimum absolute atomic E-state index is 0.0238. The molecule has 1 amide bonds. The summed E-state index contributed by atoms with van der Waals surface area (Å²) < 4.78 is 13.4. The molecule has 0 heterocycles. The van der Waals surface area contributed by atoms with Gasteiger partial charge in [0.25, 0.3) is 5.91 Å². The van der Waals surface area contributed by atoms with Crippen molar-refractivity contribution in [3.05, 3.63) is 58.9 Å². The first kappa shape index (κ1) is 12.4. The van der Waals surface area contributed by atoms with Gasteiger partial charge in [0.2, 0.25) is 0 Å². The number of amides is 1. The molecule has 0 saturated heterocycles. The van der Waals surface area contributed by atoms with Crippen molar-refractivity contribution in [1.82, 2.24) is 0 Å². The van der Waals surface area contributed by atoms with Gasteiger partial charge in [0.15, 0.2) is 0 Å². The fourth-order valence-corrected chi connectivity index (χ4v) is 1.66.